The third-order valence-electron chi connectivity index (χ3n) is 3.63. The van der Waals surface area contributed by atoms with Gasteiger partial charge in [0.05, 0.1) is 6.04 Å². The Morgan fingerprint density at radius 2 is 2.00 bits per heavy atom. The molecule has 2 N–H and O–H groups in total. The highest BCUT2D eigenvalue weighted by Crippen LogP contribution is 2.32. The summed E-state index contributed by atoms with van der Waals surface area (Å²) in [6.07, 6.45) is 2.81. The Hall–Kier alpha value is -1.68. The number of nitrogens with two attached hydrogens (primary N) is 1. The third-order valence-corrected chi connectivity index (χ3v) is 3.63. The molecule has 1 unspecified atom stereocenters. The molecule has 2 aromatic rings. The lowest BCUT2D eigenvalue weighted by atomic mass is 10.1. The zero-order valence-electron chi connectivity index (χ0n) is 10.5. The minimum Gasteiger partial charge on any atom is -0.338 e. The van der Waals surface area contributed by atoms with Crippen molar-refractivity contribution in [1.29, 1.82) is 0 Å². The van der Waals surface area contributed by atoms with Crippen LogP contribution in [0.5, 0.6) is 0 Å². The number of aromatic nitrogens is 2. The number of hydrogen-bond acceptors (Lipinski definition) is 4. The van der Waals surface area contributed by atoms with Crippen molar-refractivity contribution < 1.29 is 4.52 Å². The molecular formula is C14H17N3O. The molecule has 0 saturated heterocycles. The molecule has 1 aromatic heterocycles. The summed E-state index contributed by atoms with van der Waals surface area (Å²) in [6, 6.07) is 8.36. The average molecular weight is 243 g/mol. The van der Waals surface area contributed by atoms with Gasteiger partial charge in [0, 0.05) is 5.92 Å². The molecule has 94 valence electrons. The fourth-order valence-corrected chi connectivity index (χ4v) is 2.48. The maximum absolute atomic E-state index is 5.89. The van der Waals surface area contributed by atoms with Crippen molar-refractivity contribution in [2.24, 2.45) is 5.73 Å². The quantitative estimate of drug-likeness (QED) is 0.898. The number of hydrogen-bond donors (Lipinski definition) is 1. The van der Waals surface area contributed by atoms with Gasteiger partial charge in [-0.05, 0) is 30.4 Å². The second kappa shape index (κ2) is 4.53. The molecule has 0 aliphatic heterocycles. The van der Waals surface area contributed by atoms with Crippen LogP contribution in [0.25, 0.3) is 0 Å². The zero-order chi connectivity index (χ0) is 12.5. The van der Waals surface area contributed by atoms with E-state index in [1.165, 1.54) is 11.1 Å². The van der Waals surface area contributed by atoms with Crippen molar-refractivity contribution in [1.82, 2.24) is 10.1 Å². The molecule has 0 spiro atoms. The van der Waals surface area contributed by atoms with Crippen molar-refractivity contribution >= 4 is 0 Å². The highest BCUT2D eigenvalue weighted by atomic mass is 16.5. The van der Waals surface area contributed by atoms with Gasteiger partial charge >= 0.3 is 0 Å². The van der Waals surface area contributed by atoms with Gasteiger partial charge < -0.3 is 10.3 Å². The van der Waals surface area contributed by atoms with E-state index in [2.05, 4.69) is 34.4 Å². The third kappa shape index (κ3) is 1.93. The highest BCUT2D eigenvalue weighted by Gasteiger charge is 2.27. The van der Waals surface area contributed by atoms with E-state index >= 15 is 0 Å². The Kier molecular flexibility index (Phi) is 2.88. The van der Waals surface area contributed by atoms with E-state index < -0.39 is 0 Å². The van der Waals surface area contributed by atoms with Crippen LogP contribution in [0, 0.1) is 0 Å². The summed E-state index contributed by atoms with van der Waals surface area (Å²) in [5.74, 6) is 1.69. The highest BCUT2D eigenvalue weighted by molar-refractivity contribution is 5.34. The molecule has 4 nitrogen and oxygen atoms in total. The molecule has 1 aliphatic rings. The fraction of sp³-hybridized carbons (Fsp3) is 0.429. The molecule has 0 amide bonds. The summed E-state index contributed by atoms with van der Waals surface area (Å²) in [7, 11) is 0. The molecule has 18 heavy (non-hydrogen) atoms. The van der Waals surface area contributed by atoms with Gasteiger partial charge in [-0.15, -0.1) is 0 Å². The van der Waals surface area contributed by atoms with Gasteiger partial charge in [0.25, 0.3) is 0 Å². The lowest BCUT2D eigenvalue weighted by Crippen LogP contribution is -2.09. The van der Waals surface area contributed by atoms with Crippen LogP contribution >= 0.6 is 0 Å². The second-order valence-corrected chi connectivity index (χ2v) is 4.88. The SMILES string of the molecule is CCC(N)c1nc(C2Cc3ccccc3C2)no1. The van der Waals surface area contributed by atoms with E-state index in [1.807, 2.05) is 6.92 Å². The van der Waals surface area contributed by atoms with Crippen LogP contribution in [0.4, 0.5) is 0 Å². The van der Waals surface area contributed by atoms with Crippen LogP contribution in [0.1, 0.15) is 48.1 Å². The number of benzene rings is 1. The van der Waals surface area contributed by atoms with Crippen LogP contribution in [0.2, 0.25) is 0 Å². The Bertz CT molecular complexity index is 524. The normalized spacial score (nSPS) is 16.8. The summed E-state index contributed by atoms with van der Waals surface area (Å²) in [6.45, 7) is 2.01. The van der Waals surface area contributed by atoms with E-state index in [-0.39, 0.29) is 6.04 Å². The smallest absolute Gasteiger partial charge is 0.243 e. The molecule has 0 bridgehead atoms. The maximum Gasteiger partial charge on any atom is 0.243 e. The van der Waals surface area contributed by atoms with Gasteiger partial charge in [-0.2, -0.15) is 4.98 Å². The topological polar surface area (TPSA) is 64.9 Å². The van der Waals surface area contributed by atoms with Crippen LogP contribution in [-0.2, 0) is 12.8 Å². The van der Waals surface area contributed by atoms with Crippen molar-refractivity contribution in [3.63, 3.8) is 0 Å². The number of fused-ring (bicyclic) bond motifs is 1. The lowest BCUT2D eigenvalue weighted by molar-refractivity contribution is 0.346. The molecule has 1 aromatic carbocycles. The Morgan fingerprint density at radius 1 is 1.33 bits per heavy atom. The first-order valence-corrected chi connectivity index (χ1v) is 6.43. The van der Waals surface area contributed by atoms with Gasteiger partial charge in [-0.25, -0.2) is 0 Å². The predicted octanol–water partition coefficient (Wildman–Crippen LogP) is 2.36. The molecule has 1 heterocycles. The van der Waals surface area contributed by atoms with Crippen molar-refractivity contribution in [2.75, 3.05) is 0 Å². The first-order chi connectivity index (χ1) is 8.78. The summed E-state index contributed by atoms with van der Waals surface area (Å²) >= 11 is 0. The van der Waals surface area contributed by atoms with Gasteiger partial charge in [0.15, 0.2) is 5.82 Å². The summed E-state index contributed by atoms with van der Waals surface area (Å²) < 4.78 is 5.24. The molecule has 0 fully saturated rings. The molecule has 3 rings (SSSR count). The summed E-state index contributed by atoms with van der Waals surface area (Å²) in [5, 5.41) is 4.08. The van der Waals surface area contributed by atoms with Crippen molar-refractivity contribution in [3.8, 4) is 0 Å². The molecule has 4 heteroatoms. The Balaban J connectivity index is 1.80. The Labute approximate surface area is 106 Å². The standard InChI is InChI=1S/C14H17N3O/c1-2-12(15)14-16-13(17-18-14)11-7-9-5-3-4-6-10(9)8-11/h3-6,11-12H,2,7-8,15H2,1H3. The Morgan fingerprint density at radius 3 is 2.61 bits per heavy atom. The molecular weight excluding hydrogens is 226 g/mol. The van der Waals surface area contributed by atoms with E-state index in [4.69, 9.17) is 10.3 Å². The van der Waals surface area contributed by atoms with Gasteiger partial charge in [-0.3, -0.25) is 0 Å². The van der Waals surface area contributed by atoms with E-state index in [0.29, 0.717) is 11.8 Å². The van der Waals surface area contributed by atoms with Crippen LogP contribution in [-0.4, -0.2) is 10.1 Å². The maximum atomic E-state index is 5.89. The van der Waals surface area contributed by atoms with Crippen LogP contribution < -0.4 is 5.73 Å². The van der Waals surface area contributed by atoms with Crippen molar-refractivity contribution in [3.05, 3.63) is 47.1 Å². The van der Waals surface area contributed by atoms with Crippen LogP contribution in [0.3, 0.4) is 0 Å². The summed E-state index contributed by atoms with van der Waals surface area (Å²) in [4.78, 5) is 4.44. The van der Waals surface area contributed by atoms with E-state index in [9.17, 15) is 0 Å². The number of rotatable bonds is 3. The minimum absolute atomic E-state index is 0.143. The van der Waals surface area contributed by atoms with E-state index in [0.717, 1.165) is 25.1 Å². The second-order valence-electron chi connectivity index (χ2n) is 4.88. The largest absolute Gasteiger partial charge is 0.338 e. The predicted molar refractivity (Wildman–Crippen MR) is 68.1 cm³/mol. The van der Waals surface area contributed by atoms with Crippen LogP contribution in [0.15, 0.2) is 28.8 Å². The first kappa shape index (κ1) is 11.4. The lowest BCUT2D eigenvalue weighted by Gasteiger charge is -2.02. The van der Waals surface area contributed by atoms with Gasteiger partial charge in [-0.1, -0.05) is 36.3 Å². The van der Waals surface area contributed by atoms with Gasteiger partial charge in [0.1, 0.15) is 0 Å². The monoisotopic (exact) mass is 243 g/mol. The average Bonchev–Trinajstić information content (AvgIpc) is 3.03. The van der Waals surface area contributed by atoms with Crippen molar-refractivity contribution in [2.45, 2.75) is 38.1 Å². The summed E-state index contributed by atoms with van der Waals surface area (Å²) in [5.41, 5.74) is 8.69. The van der Waals surface area contributed by atoms with E-state index in [1.54, 1.807) is 0 Å². The zero-order valence-corrected chi connectivity index (χ0v) is 10.5. The minimum atomic E-state index is -0.143. The first-order valence-electron chi connectivity index (χ1n) is 6.43. The molecule has 1 aliphatic carbocycles. The molecule has 0 radical (unpaired) electrons. The van der Waals surface area contributed by atoms with Gasteiger partial charge in [0.2, 0.25) is 5.89 Å². The molecule has 1 atom stereocenters. The number of nitrogens with zero attached hydrogens (tertiary/aromatic N) is 2. The fourth-order valence-electron chi connectivity index (χ4n) is 2.48. The molecule has 0 saturated carbocycles.